The maximum Gasteiger partial charge on any atom is 0.243 e. The molecule has 2 heterocycles. The first-order valence-electron chi connectivity index (χ1n) is 8.27. The number of ether oxygens (including phenoxy) is 1. The highest BCUT2D eigenvalue weighted by Gasteiger charge is 2.35. The molecule has 1 aromatic carbocycles. The van der Waals surface area contributed by atoms with Gasteiger partial charge < -0.3 is 15.0 Å². The number of nitrogens with one attached hydrogen (secondary N) is 1. The third-order valence-electron chi connectivity index (χ3n) is 4.69. The molecule has 0 radical (unpaired) electrons. The number of hydrogen-bond donors (Lipinski definition) is 1. The van der Waals surface area contributed by atoms with E-state index in [9.17, 15) is 17.6 Å². The Labute approximate surface area is 158 Å². The van der Waals surface area contributed by atoms with Crippen molar-refractivity contribution in [3.8, 4) is 5.75 Å². The minimum Gasteiger partial charge on any atom is -0.494 e. The number of hydrogen-bond acceptors (Lipinski definition) is 5. The van der Waals surface area contributed by atoms with E-state index in [4.69, 9.17) is 4.74 Å². The van der Waals surface area contributed by atoms with Gasteiger partial charge >= 0.3 is 0 Å². The zero-order valence-corrected chi connectivity index (χ0v) is 16.1. The highest BCUT2D eigenvalue weighted by molar-refractivity contribution is 7.89. The van der Waals surface area contributed by atoms with Gasteiger partial charge in [-0.25, -0.2) is 12.8 Å². The summed E-state index contributed by atoms with van der Waals surface area (Å²) in [5.41, 5.74) is 0. The lowest BCUT2D eigenvalue weighted by Crippen LogP contribution is -2.57. The standard InChI is InChI=1S/C16H22FN3O4S.ClH/c1-24-15-5-4-13(9-14(15)17)25(22,23)19-7-2-3-12(11-19)20-8-6-18-10-16(20)21;/h4-5,9,12,18H,2-3,6-8,10-11H2,1H3;1H. The van der Waals surface area contributed by atoms with Crippen molar-refractivity contribution >= 4 is 28.3 Å². The summed E-state index contributed by atoms with van der Waals surface area (Å²) in [7, 11) is -2.49. The molecule has 0 spiro atoms. The number of rotatable bonds is 4. The van der Waals surface area contributed by atoms with Crippen LogP contribution in [-0.4, -0.2) is 69.4 Å². The SMILES string of the molecule is COc1ccc(S(=O)(=O)N2CCCC(N3CCNCC3=O)C2)cc1F.Cl. The number of halogens is 2. The first-order chi connectivity index (χ1) is 11.9. The van der Waals surface area contributed by atoms with Crippen LogP contribution >= 0.6 is 12.4 Å². The molecule has 0 aromatic heterocycles. The van der Waals surface area contributed by atoms with E-state index in [0.717, 1.165) is 12.5 Å². The van der Waals surface area contributed by atoms with Gasteiger partial charge in [-0.3, -0.25) is 4.79 Å². The monoisotopic (exact) mass is 407 g/mol. The first-order valence-corrected chi connectivity index (χ1v) is 9.71. The molecule has 2 aliphatic heterocycles. The molecule has 1 atom stereocenters. The lowest BCUT2D eigenvalue weighted by atomic mass is 10.1. The summed E-state index contributed by atoms with van der Waals surface area (Å²) in [5.74, 6) is -0.720. The van der Waals surface area contributed by atoms with Crippen molar-refractivity contribution < 1.29 is 22.3 Å². The van der Waals surface area contributed by atoms with Crippen molar-refractivity contribution in [1.29, 1.82) is 0 Å². The van der Waals surface area contributed by atoms with Crippen molar-refractivity contribution in [3.63, 3.8) is 0 Å². The summed E-state index contributed by atoms with van der Waals surface area (Å²) in [6.45, 7) is 2.18. The van der Waals surface area contributed by atoms with Crippen LogP contribution in [0.1, 0.15) is 12.8 Å². The number of sulfonamides is 1. The maximum absolute atomic E-state index is 13.9. The molecular weight excluding hydrogens is 385 g/mol. The molecular formula is C16H23ClFN3O4S. The molecule has 0 saturated carbocycles. The summed E-state index contributed by atoms with van der Waals surface area (Å²) >= 11 is 0. The minimum absolute atomic E-state index is 0. The van der Waals surface area contributed by atoms with E-state index in [-0.39, 0.29) is 48.1 Å². The predicted molar refractivity (Wildman–Crippen MR) is 96.6 cm³/mol. The third-order valence-corrected chi connectivity index (χ3v) is 6.55. The smallest absolute Gasteiger partial charge is 0.243 e. The fourth-order valence-corrected chi connectivity index (χ4v) is 4.89. The van der Waals surface area contributed by atoms with E-state index in [1.807, 2.05) is 0 Å². The van der Waals surface area contributed by atoms with Gasteiger partial charge in [0, 0.05) is 32.2 Å². The fourth-order valence-electron chi connectivity index (χ4n) is 3.36. The summed E-state index contributed by atoms with van der Waals surface area (Å²) < 4.78 is 45.8. The van der Waals surface area contributed by atoms with Gasteiger partial charge in [-0.2, -0.15) is 4.31 Å². The van der Waals surface area contributed by atoms with Gasteiger partial charge in [-0.15, -0.1) is 12.4 Å². The van der Waals surface area contributed by atoms with E-state index < -0.39 is 15.8 Å². The summed E-state index contributed by atoms with van der Waals surface area (Å²) in [4.78, 5) is 13.7. The Bertz CT molecular complexity index is 762. The molecule has 3 rings (SSSR count). The Balaban J connectivity index is 0.00000243. The lowest BCUT2D eigenvalue weighted by Gasteiger charge is -2.40. The van der Waals surface area contributed by atoms with Crippen LogP contribution in [0.25, 0.3) is 0 Å². The molecule has 0 bridgehead atoms. The van der Waals surface area contributed by atoms with Crippen LogP contribution in [0.4, 0.5) is 4.39 Å². The number of carbonyl (C=O) groups is 1. The number of nitrogens with zero attached hydrogens (tertiary/aromatic N) is 2. The second-order valence-electron chi connectivity index (χ2n) is 6.22. The second-order valence-corrected chi connectivity index (χ2v) is 8.16. The van der Waals surface area contributed by atoms with E-state index in [2.05, 4.69) is 5.32 Å². The molecule has 2 aliphatic rings. The van der Waals surface area contributed by atoms with Crippen molar-refractivity contribution in [2.24, 2.45) is 0 Å². The number of piperazine rings is 1. The van der Waals surface area contributed by atoms with Crippen molar-refractivity contribution in [2.75, 3.05) is 39.8 Å². The largest absolute Gasteiger partial charge is 0.494 e. The number of piperidine rings is 1. The van der Waals surface area contributed by atoms with Crippen LogP contribution in [0.2, 0.25) is 0 Å². The molecule has 26 heavy (non-hydrogen) atoms. The molecule has 2 saturated heterocycles. The average Bonchev–Trinajstić information content (AvgIpc) is 2.62. The fraction of sp³-hybridized carbons (Fsp3) is 0.562. The third kappa shape index (κ3) is 4.11. The molecule has 0 aliphatic carbocycles. The Morgan fingerprint density at radius 1 is 1.31 bits per heavy atom. The quantitative estimate of drug-likeness (QED) is 0.800. The topological polar surface area (TPSA) is 79.0 Å². The Morgan fingerprint density at radius 3 is 2.73 bits per heavy atom. The van der Waals surface area contributed by atoms with Gasteiger partial charge in [0.15, 0.2) is 11.6 Å². The molecule has 1 N–H and O–H groups in total. The Morgan fingerprint density at radius 2 is 2.08 bits per heavy atom. The summed E-state index contributed by atoms with van der Waals surface area (Å²) in [6, 6.07) is 3.50. The minimum atomic E-state index is -3.81. The normalized spacial score (nSPS) is 22.0. The molecule has 1 amide bonds. The van der Waals surface area contributed by atoms with Gasteiger partial charge in [0.05, 0.1) is 18.6 Å². The van der Waals surface area contributed by atoms with Gasteiger partial charge in [0.25, 0.3) is 0 Å². The second kappa shape index (κ2) is 8.51. The lowest BCUT2D eigenvalue weighted by molar-refractivity contribution is -0.135. The number of carbonyl (C=O) groups excluding carboxylic acids is 1. The van der Waals surface area contributed by atoms with Crippen LogP contribution in [0.3, 0.4) is 0 Å². The highest BCUT2D eigenvalue weighted by Crippen LogP contribution is 2.26. The number of methoxy groups -OCH3 is 1. The number of benzene rings is 1. The molecule has 10 heteroatoms. The Kier molecular flexibility index (Phi) is 6.84. The van der Waals surface area contributed by atoms with E-state index in [0.29, 0.717) is 26.1 Å². The molecule has 1 unspecified atom stereocenters. The van der Waals surface area contributed by atoms with Crippen molar-refractivity contribution in [2.45, 2.75) is 23.8 Å². The van der Waals surface area contributed by atoms with Gasteiger partial charge in [0.2, 0.25) is 15.9 Å². The molecule has 7 nitrogen and oxygen atoms in total. The predicted octanol–water partition coefficient (Wildman–Crippen LogP) is 0.841. The van der Waals surface area contributed by atoms with Gasteiger partial charge in [-0.05, 0) is 31.0 Å². The average molecular weight is 408 g/mol. The van der Waals surface area contributed by atoms with Crippen LogP contribution < -0.4 is 10.1 Å². The highest BCUT2D eigenvalue weighted by atomic mass is 35.5. The van der Waals surface area contributed by atoms with Crippen LogP contribution in [0.15, 0.2) is 23.1 Å². The summed E-state index contributed by atoms with van der Waals surface area (Å²) in [5, 5.41) is 3.01. The maximum atomic E-state index is 13.9. The first kappa shape index (κ1) is 20.9. The van der Waals surface area contributed by atoms with Gasteiger partial charge in [0.1, 0.15) is 0 Å². The van der Waals surface area contributed by atoms with Gasteiger partial charge in [-0.1, -0.05) is 0 Å². The van der Waals surface area contributed by atoms with Crippen LogP contribution in [0, 0.1) is 5.82 Å². The molecule has 2 fully saturated rings. The Hall–Kier alpha value is -1.42. The van der Waals surface area contributed by atoms with Crippen LogP contribution in [0.5, 0.6) is 5.75 Å². The van der Waals surface area contributed by atoms with E-state index in [1.54, 1.807) is 4.90 Å². The molecule has 146 valence electrons. The van der Waals surface area contributed by atoms with Crippen LogP contribution in [-0.2, 0) is 14.8 Å². The van der Waals surface area contributed by atoms with E-state index >= 15 is 0 Å². The van der Waals surface area contributed by atoms with Crippen molar-refractivity contribution in [1.82, 2.24) is 14.5 Å². The zero-order chi connectivity index (χ0) is 18.0. The molecule has 1 aromatic rings. The number of amides is 1. The van der Waals surface area contributed by atoms with Crippen molar-refractivity contribution in [3.05, 3.63) is 24.0 Å². The van der Waals surface area contributed by atoms with E-state index in [1.165, 1.54) is 23.5 Å². The summed E-state index contributed by atoms with van der Waals surface area (Å²) in [6.07, 6.45) is 1.44. The zero-order valence-electron chi connectivity index (χ0n) is 14.5.